The largest absolute Gasteiger partial charge is 0.469 e. The van der Waals surface area contributed by atoms with E-state index in [0.29, 0.717) is 0 Å². The Morgan fingerprint density at radius 1 is 1.47 bits per heavy atom. The van der Waals surface area contributed by atoms with Gasteiger partial charge in [0.05, 0.1) is 13.2 Å². The number of hydroxylamine groups is 2. The second-order valence-electron chi connectivity index (χ2n) is 4.04. The molecule has 0 aliphatic carbocycles. The molecule has 2 aliphatic heterocycles. The molecular weight excluding hydrogens is 198 g/mol. The van der Waals surface area contributed by atoms with Crippen LogP contribution < -0.4 is 0 Å². The second kappa shape index (κ2) is 3.90. The van der Waals surface area contributed by atoms with Crippen molar-refractivity contribution in [2.24, 2.45) is 5.92 Å². The lowest BCUT2D eigenvalue weighted by Crippen LogP contribution is -2.36. The highest BCUT2D eigenvalue weighted by Crippen LogP contribution is 2.36. The minimum atomic E-state index is -0.650. The maximum absolute atomic E-state index is 11.6. The molecule has 0 saturated carbocycles. The summed E-state index contributed by atoms with van der Waals surface area (Å²) in [6, 6.07) is 0.0198. The number of ether oxygens (including phenoxy) is 1. The molecule has 0 unspecified atom stereocenters. The molecule has 3 atom stereocenters. The molecule has 0 aromatic heterocycles. The third-order valence-electron chi connectivity index (χ3n) is 3.11. The molecule has 15 heavy (non-hydrogen) atoms. The monoisotopic (exact) mass is 213 g/mol. The van der Waals surface area contributed by atoms with Crippen LogP contribution in [-0.2, 0) is 19.2 Å². The summed E-state index contributed by atoms with van der Waals surface area (Å²) in [4.78, 5) is 28.4. The number of Topliss-reactive ketones (excluding diaryl/α,β-unsaturated/α-hetero) is 1. The molecule has 0 aromatic carbocycles. The van der Waals surface area contributed by atoms with Crippen LogP contribution in [0.25, 0.3) is 0 Å². The Labute approximate surface area is 88.3 Å². The van der Waals surface area contributed by atoms with Gasteiger partial charge in [0, 0.05) is 6.54 Å². The summed E-state index contributed by atoms with van der Waals surface area (Å²) in [6.07, 6.45) is 1.24. The van der Waals surface area contributed by atoms with Crippen molar-refractivity contribution < 1.29 is 19.2 Å². The van der Waals surface area contributed by atoms with Crippen molar-refractivity contribution in [1.29, 1.82) is 0 Å². The Balaban J connectivity index is 2.20. The van der Waals surface area contributed by atoms with Crippen LogP contribution in [0.15, 0.2) is 0 Å². The Bertz CT molecular complexity index is 291. The molecule has 0 spiro atoms. The summed E-state index contributed by atoms with van der Waals surface area (Å²) in [7, 11) is 1.34. The van der Waals surface area contributed by atoms with Crippen LogP contribution in [0.4, 0.5) is 0 Å². The van der Waals surface area contributed by atoms with Gasteiger partial charge in [0.25, 0.3) is 0 Å². The molecule has 2 saturated heterocycles. The summed E-state index contributed by atoms with van der Waals surface area (Å²) < 4.78 is 4.72. The number of methoxy groups -OCH3 is 1. The van der Waals surface area contributed by atoms with Gasteiger partial charge in [-0.2, -0.15) is 5.06 Å². The van der Waals surface area contributed by atoms with Crippen LogP contribution in [0.3, 0.4) is 0 Å². The van der Waals surface area contributed by atoms with Crippen molar-refractivity contribution in [2.75, 3.05) is 13.7 Å². The fourth-order valence-corrected chi connectivity index (χ4v) is 2.41. The van der Waals surface area contributed by atoms with E-state index in [4.69, 9.17) is 9.57 Å². The van der Waals surface area contributed by atoms with Gasteiger partial charge < -0.3 is 4.74 Å². The van der Waals surface area contributed by atoms with E-state index in [-0.39, 0.29) is 17.8 Å². The van der Waals surface area contributed by atoms with Gasteiger partial charge in [-0.15, -0.1) is 0 Å². The van der Waals surface area contributed by atoms with E-state index in [9.17, 15) is 9.59 Å². The maximum Gasteiger partial charge on any atom is 0.313 e. The molecule has 5 nitrogen and oxygen atoms in total. The van der Waals surface area contributed by atoms with Gasteiger partial charge in [-0.25, -0.2) is 0 Å². The second-order valence-corrected chi connectivity index (χ2v) is 4.04. The molecule has 0 amide bonds. The predicted octanol–water partition coefficient (Wildman–Crippen LogP) is 0.143. The van der Waals surface area contributed by atoms with Gasteiger partial charge in [0.2, 0.25) is 0 Å². The smallest absolute Gasteiger partial charge is 0.313 e. The predicted molar refractivity (Wildman–Crippen MR) is 50.8 cm³/mol. The molecule has 2 rings (SSSR count). The first-order chi connectivity index (χ1) is 7.15. The van der Waals surface area contributed by atoms with Crippen molar-refractivity contribution in [3.05, 3.63) is 0 Å². The molecule has 0 bridgehead atoms. The van der Waals surface area contributed by atoms with Gasteiger partial charge in [-0.05, 0) is 19.8 Å². The van der Waals surface area contributed by atoms with E-state index < -0.39 is 12.0 Å². The average molecular weight is 213 g/mol. The van der Waals surface area contributed by atoms with Gasteiger partial charge in [0.1, 0.15) is 5.92 Å². The normalized spacial score (nSPS) is 35.2. The lowest BCUT2D eigenvalue weighted by Gasteiger charge is -2.15. The highest BCUT2D eigenvalue weighted by Gasteiger charge is 2.51. The third-order valence-corrected chi connectivity index (χ3v) is 3.11. The number of fused-ring (bicyclic) bond motifs is 1. The Hall–Kier alpha value is -0.940. The zero-order chi connectivity index (χ0) is 11.0. The van der Waals surface area contributed by atoms with E-state index in [1.807, 2.05) is 0 Å². The minimum absolute atomic E-state index is 0.0198. The van der Waals surface area contributed by atoms with Gasteiger partial charge in [-0.1, -0.05) is 0 Å². The van der Waals surface area contributed by atoms with Gasteiger partial charge in [0.15, 0.2) is 11.9 Å². The topological polar surface area (TPSA) is 55.8 Å². The van der Waals surface area contributed by atoms with E-state index in [1.54, 1.807) is 5.06 Å². The van der Waals surface area contributed by atoms with E-state index >= 15 is 0 Å². The molecule has 0 N–H and O–H groups in total. The van der Waals surface area contributed by atoms with Crippen LogP contribution in [-0.4, -0.2) is 42.6 Å². The molecule has 2 heterocycles. The van der Waals surface area contributed by atoms with E-state index in [0.717, 1.165) is 19.4 Å². The molecule has 0 radical (unpaired) electrons. The van der Waals surface area contributed by atoms with E-state index in [2.05, 4.69) is 0 Å². The molecule has 2 aliphatic rings. The van der Waals surface area contributed by atoms with Crippen molar-refractivity contribution in [2.45, 2.75) is 31.9 Å². The molecule has 84 valence electrons. The quantitative estimate of drug-likeness (QED) is 0.611. The molecule has 2 fully saturated rings. The SMILES string of the molecule is COC(=O)[C@@H]1[C@H]2CCCN2O[C@H]1C(C)=O. The number of ketones is 1. The zero-order valence-electron chi connectivity index (χ0n) is 8.93. The molecule has 5 heteroatoms. The van der Waals surface area contributed by atoms with Crippen molar-refractivity contribution in [3.8, 4) is 0 Å². The minimum Gasteiger partial charge on any atom is -0.469 e. The first-order valence-electron chi connectivity index (χ1n) is 5.17. The number of carbonyl (C=O) groups is 2. The highest BCUT2D eigenvalue weighted by molar-refractivity contribution is 5.88. The first kappa shape index (κ1) is 10.6. The van der Waals surface area contributed by atoms with Crippen molar-refractivity contribution in [3.63, 3.8) is 0 Å². The van der Waals surface area contributed by atoms with Crippen LogP contribution in [0.2, 0.25) is 0 Å². The summed E-state index contributed by atoms with van der Waals surface area (Å²) in [5.41, 5.74) is 0. The van der Waals surface area contributed by atoms with Crippen LogP contribution >= 0.6 is 0 Å². The van der Waals surface area contributed by atoms with Crippen LogP contribution in [0.1, 0.15) is 19.8 Å². The fourth-order valence-electron chi connectivity index (χ4n) is 2.41. The van der Waals surface area contributed by atoms with Gasteiger partial charge >= 0.3 is 5.97 Å². The fraction of sp³-hybridized carbons (Fsp3) is 0.800. The highest BCUT2D eigenvalue weighted by atomic mass is 16.7. The zero-order valence-corrected chi connectivity index (χ0v) is 8.93. The summed E-state index contributed by atoms with van der Waals surface area (Å²) in [6.45, 7) is 2.24. The number of hydrogen-bond donors (Lipinski definition) is 0. The van der Waals surface area contributed by atoms with Crippen molar-refractivity contribution in [1.82, 2.24) is 5.06 Å². The molecular formula is C10H15NO4. The standard InChI is InChI=1S/C10H15NO4/c1-6(12)9-8(10(13)14-2)7-4-3-5-11(7)15-9/h7-9H,3-5H2,1-2H3/t7-,8-,9+/m1/s1. The summed E-state index contributed by atoms with van der Waals surface area (Å²) >= 11 is 0. The lowest BCUT2D eigenvalue weighted by molar-refractivity contribution is -0.166. The molecule has 0 aromatic rings. The van der Waals surface area contributed by atoms with E-state index in [1.165, 1.54) is 14.0 Å². The third kappa shape index (κ3) is 1.66. The number of hydrogen-bond acceptors (Lipinski definition) is 5. The number of esters is 1. The Kier molecular flexibility index (Phi) is 2.75. The first-order valence-corrected chi connectivity index (χ1v) is 5.17. The van der Waals surface area contributed by atoms with Crippen molar-refractivity contribution >= 4 is 11.8 Å². The number of nitrogens with zero attached hydrogens (tertiary/aromatic N) is 1. The van der Waals surface area contributed by atoms with Crippen LogP contribution in [0.5, 0.6) is 0 Å². The maximum atomic E-state index is 11.6. The Morgan fingerprint density at radius 2 is 2.20 bits per heavy atom. The summed E-state index contributed by atoms with van der Waals surface area (Å²) in [5, 5.41) is 1.76. The number of rotatable bonds is 2. The van der Waals surface area contributed by atoms with Crippen LogP contribution in [0, 0.1) is 5.92 Å². The Morgan fingerprint density at radius 3 is 2.80 bits per heavy atom. The summed E-state index contributed by atoms with van der Waals surface area (Å²) in [5.74, 6) is -0.903. The lowest BCUT2D eigenvalue weighted by atomic mass is 9.92. The number of carbonyl (C=O) groups excluding carboxylic acids is 2. The van der Waals surface area contributed by atoms with Gasteiger partial charge in [-0.3, -0.25) is 14.4 Å². The average Bonchev–Trinajstić information content (AvgIpc) is 2.74.